The van der Waals surface area contributed by atoms with E-state index in [2.05, 4.69) is 28.5 Å². The molecule has 0 amide bonds. The van der Waals surface area contributed by atoms with Gasteiger partial charge in [-0.1, -0.05) is 35.9 Å². The molecule has 4 heteroatoms. The predicted molar refractivity (Wildman–Crippen MR) is 71.2 cm³/mol. The van der Waals surface area contributed by atoms with Crippen LogP contribution in [-0.4, -0.2) is 25.7 Å². The Morgan fingerprint density at radius 3 is 1.61 bits per heavy atom. The Kier molecular flexibility index (Phi) is 13.6. The quantitative estimate of drug-likeness (QED) is 0.723. The zero-order chi connectivity index (χ0) is 14.4. The van der Waals surface area contributed by atoms with Crippen LogP contribution in [0.15, 0.2) is 30.3 Å². The van der Waals surface area contributed by atoms with E-state index in [4.69, 9.17) is 0 Å². The van der Waals surface area contributed by atoms with Gasteiger partial charge in [0.05, 0.1) is 13.7 Å². The lowest BCUT2D eigenvalue weighted by atomic mass is 10.2. The van der Waals surface area contributed by atoms with Crippen LogP contribution < -0.4 is 0 Å². The van der Waals surface area contributed by atoms with Crippen molar-refractivity contribution in [2.45, 2.75) is 27.7 Å². The summed E-state index contributed by atoms with van der Waals surface area (Å²) in [6, 6.07) is 10.3. The number of carbonyl (C=O) groups excluding carboxylic acids is 2. The minimum Gasteiger partial charge on any atom is -0.469 e. The van der Waals surface area contributed by atoms with Gasteiger partial charge < -0.3 is 9.47 Å². The van der Waals surface area contributed by atoms with E-state index in [9.17, 15) is 9.59 Å². The monoisotopic (exact) mass is 254 g/mol. The van der Waals surface area contributed by atoms with Crippen LogP contribution in [0.2, 0.25) is 0 Å². The third-order valence-corrected chi connectivity index (χ3v) is 1.58. The zero-order valence-electron chi connectivity index (χ0n) is 11.7. The highest BCUT2D eigenvalue weighted by Crippen LogP contribution is 1.92. The number of hydrogen-bond donors (Lipinski definition) is 0. The van der Waals surface area contributed by atoms with Crippen LogP contribution in [0, 0.1) is 6.92 Å². The fourth-order valence-electron chi connectivity index (χ4n) is 0.738. The molecule has 18 heavy (non-hydrogen) atoms. The van der Waals surface area contributed by atoms with Crippen molar-refractivity contribution in [3.63, 3.8) is 0 Å². The van der Waals surface area contributed by atoms with E-state index in [0.717, 1.165) is 0 Å². The summed E-state index contributed by atoms with van der Waals surface area (Å²) >= 11 is 0. The minimum absolute atomic E-state index is 0.211. The molecular formula is C14H22O4. The molecule has 1 aromatic carbocycles. The summed E-state index contributed by atoms with van der Waals surface area (Å²) in [5, 5.41) is 0. The second-order valence-electron chi connectivity index (χ2n) is 3.28. The summed E-state index contributed by atoms with van der Waals surface area (Å²) in [5.74, 6) is -0.456. The highest BCUT2D eigenvalue weighted by molar-refractivity contribution is 5.65. The van der Waals surface area contributed by atoms with Gasteiger partial charge in [0.1, 0.15) is 0 Å². The molecule has 1 aromatic rings. The van der Waals surface area contributed by atoms with Crippen molar-refractivity contribution in [1.29, 1.82) is 0 Å². The molecule has 0 aliphatic carbocycles. The number of carbonyl (C=O) groups is 2. The van der Waals surface area contributed by atoms with Gasteiger partial charge in [0.2, 0.25) is 0 Å². The first-order valence-corrected chi connectivity index (χ1v) is 5.63. The Morgan fingerprint density at radius 2 is 1.50 bits per heavy atom. The Bertz CT molecular complexity index is 320. The Hall–Kier alpha value is -1.84. The third kappa shape index (κ3) is 19.7. The lowest BCUT2D eigenvalue weighted by Gasteiger charge is -1.89. The van der Waals surface area contributed by atoms with Crippen LogP contribution in [0.3, 0.4) is 0 Å². The number of rotatable bonds is 1. The van der Waals surface area contributed by atoms with Gasteiger partial charge in [0.25, 0.3) is 0 Å². The van der Waals surface area contributed by atoms with Crippen LogP contribution in [0.25, 0.3) is 0 Å². The molecule has 0 atom stereocenters. The van der Waals surface area contributed by atoms with Crippen molar-refractivity contribution < 1.29 is 19.1 Å². The number of benzene rings is 1. The van der Waals surface area contributed by atoms with E-state index in [1.54, 1.807) is 6.92 Å². The first-order valence-electron chi connectivity index (χ1n) is 5.63. The maximum Gasteiger partial charge on any atom is 0.302 e. The Balaban J connectivity index is 0. The highest BCUT2D eigenvalue weighted by Gasteiger charge is 1.81. The van der Waals surface area contributed by atoms with Gasteiger partial charge in [-0.15, -0.1) is 0 Å². The Labute approximate surface area is 109 Å². The molecule has 0 saturated heterocycles. The van der Waals surface area contributed by atoms with E-state index in [0.29, 0.717) is 6.61 Å². The standard InChI is InChI=1S/C7H8.C4H8O2.C3H6O2/c1-7-5-3-2-4-6-7;1-3-6-4(2)5;1-3(4)5-2/h2-6H,1H3;3H2,1-2H3;1-2H3. The van der Waals surface area contributed by atoms with Crippen LogP contribution in [0.4, 0.5) is 0 Å². The van der Waals surface area contributed by atoms with Gasteiger partial charge in [0.15, 0.2) is 0 Å². The fourth-order valence-corrected chi connectivity index (χ4v) is 0.738. The van der Waals surface area contributed by atoms with Gasteiger partial charge >= 0.3 is 11.9 Å². The maximum atomic E-state index is 9.82. The summed E-state index contributed by atoms with van der Waals surface area (Å²) < 4.78 is 8.51. The summed E-state index contributed by atoms with van der Waals surface area (Å²) in [7, 11) is 1.35. The number of aryl methyl sites for hydroxylation is 1. The largest absolute Gasteiger partial charge is 0.469 e. The molecule has 0 radical (unpaired) electrons. The van der Waals surface area contributed by atoms with Crippen LogP contribution in [-0.2, 0) is 19.1 Å². The molecule has 0 aliphatic heterocycles. The van der Waals surface area contributed by atoms with Gasteiger partial charge in [-0.25, -0.2) is 0 Å². The average Bonchev–Trinajstić information content (AvgIpc) is 2.31. The minimum atomic E-state index is -0.245. The fraction of sp³-hybridized carbons (Fsp3) is 0.429. The van der Waals surface area contributed by atoms with Crippen molar-refractivity contribution in [1.82, 2.24) is 0 Å². The van der Waals surface area contributed by atoms with Crippen molar-refractivity contribution >= 4 is 11.9 Å². The second-order valence-corrected chi connectivity index (χ2v) is 3.28. The number of hydrogen-bond acceptors (Lipinski definition) is 4. The van der Waals surface area contributed by atoms with Crippen molar-refractivity contribution in [3.8, 4) is 0 Å². The molecule has 0 unspecified atom stereocenters. The maximum absolute atomic E-state index is 9.82. The van der Waals surface area contributed by atoms with E-state index in [1.807, 2.05) is 18.2 Å². The Morgan fingerprint density at radius 1 is 1.06 bits per heavy atom. The summed E-state index contributed by atoms with van der Waals surface area (Å²) in [5.41, 5.74) is 1.32. The molecule has 102 valence electrons. The number of methoxy groups -OCH3 is 1. The first kappa shape index (κ1) is 18.5. The van der Waals surface area contributed by atoms with E-state index in [-0.39, 0.29) is 11.9 Å². The SMILES string of the molecule is CCOC(C)=O.COC(C)=O.Cc1ccccc1. The van der Waals surface area contributed by atoms with E-state index in [1.165, 1.54) is 26.5 Å². The third-order valence-electron chi connectivity index (χ3n) is 1.58. The van der Waals surface area contributed by atoms with Gasteiger partial charge in [0, 0.05) is 13.8 Å². The lowest BCUT2D eigenvalue weighted by molar-refractivity contribution is -0.140. The molecule has 0 fully saturated rings. The molecule has 0 aliphatic rings. The van der Waals surface area contributed by atoms with Crippen molar-refractivity contribution in [3.05, 3.63) is 35.9 Å². The average molecular weight is 254 g/mol. The smallest absolute Gasteiger partial charge is 0.302 e. The van der Waals surface area contributed by atoms with Gasteiger partial charge in [-0.3, -0.25) is 9.59 Å². The first-order chi connectivity index (χ1) is 8.43. The molecule has 0 spiro atoms. The summed E-state index contributed by atoms with van der Waals surface area (Å²) in [4.78, 5) is 19.4. The second kappa shape index (κ2) is 13.2. The molecule has 4 nitrogen and oxygen atoms in total. The molecule has 1 rings (SSSR count). The molecule has 0 bridgehead atoms. The molecule has 0 heterocycles. The number of ether oxygens (including phenoxy) is 2. The highest BCUT2D eigenvalue weighted by atomic mass is 16.5. The van der Waals surface area contributed by atoms with Gasteiger partial charge in [-0.2, -0.15) is 0 Å². The zero-order valence-corrected chi connectivity index (χ0v) is 11.7. The molecule has 0 saturated carbocycles. The van der Waals surface area contributed by atoms with E-state index >= 15 is 0 Å². The van der Waals surface area contributed by atoms with Crippen molar-refractivity contribution in [2.75, 3.05) is 13.7 Å². The van der Waals surface area contributed by atoms with Crippen LogP contribution in [0.1, 0.15) is 26.3 Å². The number of esters is 2. The lowest BCUT2D eigenvalue weighted by Crippen LogP contribution is -1.95. The normalized spacial score (nSPS) is 7.83. The van der Waals surface area contributed by atoms with E-state index < -0.39 is 0 Å². The molecular weight excluding hydrogens is 232 g/mol. The van der Waals surface area contributed by atoms with Crippen LogP contribution >= 0.6 is 0 Å². The van der Waals surface area contributed by atoms with Crippen molar-refractivity contribution in [2.24, 2.45) is 0 Å². The summed E-state index contributed by atoms with van der Waals surface area (Å²) in [6.07, 6.45) is 0. The summed E-state index contributed by atoms with van der Waals surface area (Å²) in [6.45, 7) is 7.10. The molecule has 0 aromatic heterocycles. The van der Waals surface area contributed by atoms with Crippen LogP contribution in [0.5, 0.6) is 0 Å². The molecule has 0 N–H and O–H groups in total. The topological polar surface area (TPSA) is 52.6 Å². The predicted octanol–water partition coefficient (Wildman–Crippen LogP) is 2.74. The van der Waals surface area contributed by atoms with Gasteiger partial charge in [-0.05, 0) is 13.8 Å².